The molecule has 2 heteroatoms. The minimum absolute atomic E-state index is 0.159. The van der Waals surface area contributed by atoms with Crippen molar-refractivity contribution < 1.29 is 4.74 Å². The molecule has 1 aromatic carbocycles. The van der Waals surface area contributed by atoms with Gasteiger partial charge in [-0.25, -0.2) is 0 Å². The van der Waals surface area contributed by atoms with Gasteiger partial charge in [-0.15, -0.1) is 0 Å². The van der Waals surface area contributed by atoms with Crippen LogP contribution in [0.25, 0.3) is 0 Å². The molecule has 1 aromatic rings. The summed E-state index contributed by atoms with van der Waals surface area (Å²) in [7, 11) is 1.78. The second kappa shape index (κ2) is 10.1. The lowest BCUT2D eigenvalue weighted by molar-refractivity contribution is 0.231. The van der Waals surface area contributed by atoms with Crippen LogP contribution in [0.2, 0.25) is 0 Å². The lowest BCUT2D eigenvalue weighted by Crippen LogP contribution is -2.20. The zero-order chi connectivity index (χ0) is 23.5. The molecule has 0 saturated carbocycles. The Morgan fingerprint density at radius 3 is 2.73 bits per heavy atom. The van der Waals surface area contributed by atoms with Crippen LogP contribution in [0, 0.1) is 11.8 Å². The van der Waals surface area contributed by atoms with Crippen molar-refractivity contribution >= 4 is 0 Å². The van der Waals surface area contributed by atoms with E-state index in [2.05, 4.69) is 69.9 Å². The van der Waals surface area contributed by atoms with Crippen molar-refractivity contribution in [3.63, 3.8) is 0 Å². The van der Waals surface area contributed by atoms with Crippen molar-refractivity contribution in [1.29, 1.82) is 0 Å². The van der Waals surface area contributed by atoms with E-state index in [1.54, 1.807) is 7.11 Å². The van der Waals surface area contributed by atoms with Gasteiger partial charge in [0.05, 0.1) is 7.11 Å². The van der Waals surface area contributed by atoms with Crippen LogP contribution in [0.1, 0.15) is 81.4 Å². The Morgan fingerprint density at radius 1 is 1.21 bits per heavy atom. The number of aryl methyl sites for hydroxylation is 1. The second-order valence-corrected chi connectivity index (χ2v) is 9.97. The molecule has 1 unspecified atom stereocenters. The Kier molecular flexibility index (Phi) is 7.22. The molecule has 0 fully saturated rings. The van der Waals surface area contributed by atoms with Gasteiger partial charge in [0.2, 0.25) is 0 Å². The van der Waals surface area contributed by atoms with E-state index in [0.717, 1.165) is 49.8 Å². The zero-order valence-corrected chi connectivity index (χ0v) is 20.7. The number of hydrogen-bond acceptors (Lipinski definition) is 2. The number of hydrogen-bond donors (Lipinski definition) is 0. The average molecular weight is 443 g/mol. The van der Waals surface area contributed by atoms with Crippen molar-refractivity contribution in [3.05, 3.63) is 105 Å². The van der Waals surface area contributed by atoms with Gasteiger partial charge in [-0.05, 0) is 79.7 Å². The number of ether oxygens (including phenoxy) is 1. The molecule has 4 rings (SSSR count). The van der Waals surface area contributed by atoms with Crippen LogP contribution in [0.3, 0.4) is 0 Å². The first-order valence-corrected chi connectivity index (χ1v) is 12.6. The van der Waals surface area contributed by atoms with Gasteiger partial charge in [0, 0.05) is 17.8 Å². The van der Waals surface area contributed by atoms with Gasteiger partial charge in [-0.1, -0.05) is 74.1 Å². The van der Waals surface area contributed by atoms with Crippen molar-refractivity contribution in [2.45, 2.75) is 71.1 Å². The van der Waals surface area contributed by atoms with Gasteiger partial charge < -0.3 is 4.74 Å². The highest BCUT2D eigenvalue weighted by Crippen LogP contribution is 2.50. The monoisotopic (exact) mass is 442 g/mol. The van der Waals surface area contributed by atoms with E-state index >= 15 is 0 Å². The number of allylic oxidation sites excluding steroid dienone is 9. The summed E-state index contributed by atoms with van der Waals surface area (Å²) in [6.07, 6.45) is 17.2. The van der Waals surface area contributed by atoms with E-state index < -0.39 is 0 Å². The topological polar surface area (TPSA) is 26.3 Å². The molecule has 0 N–H and O–H groups in total. The zero-order valence-electron chi connectivity index (χ0n) is 20.7. The third kappa shape index (κ3) is 4.71. The molecule has 174 valence electrons. The average Bonchev–Trinajstić information content (AvgIpc) is 3.06. The van der Waals surface area contributed by atoms with E-state index in [9.17, 15) is 4.79 Å². The van der Waals surface area contributed by atoms with Crippen LogP contribution in [0.5, 0.6) is 0 Å². The molecule has 0 amide bonds. The summed E-state index contributed by atoms with van der Waals surface area (Å²) in [6.45, 7) is 11.1. The molecule has 33 heavy (non-hydrogen) atoms. The summed E-state index contributed by atoms with van der Waals surface area (Å²) in [4.78, 5) is 13.1. The fourth-order valence-electron chi connectivity index (χ4n) is 6.16. The first-order valence-electron chi connectivity index (χ1n) is 12.6. The molecule has 0 heterocycles. The summed E-state index contributed by atoms with van der Waals surface area (Å²) in [5.41, 5.74) is 7.49. The predicted octanol–water partition coefficient (Wildman–Crippen LogP) is 7.54. The van der Waals surface area contributed by atoms with Gasteiger partial charge in [-0.2, -0.15) is 0 Å². The Labute approximate surface area is 199 Å². The molecule has 3 aliphatic carbocycles. The minimum Gasteiger partial charge on any atom is -0.501 e. The second-order valence-electron chi connectivity index (χ2n) is 9.97. The van der Waals surface area contributed by atoms with Crippen LogP contribution < -0.4 is 5.43 Å². The minimum atomic E-state index is 0.159. The highest BCUT2D eigenvalue weighted by atomic mass is 16.5. The highest BCUT2D eigenvalue weighted by Gasteiger charge is 2.36. The molecule has 0 saturated heterocycles. The van der Waals surface area contributed by atoms with Gasteiger partial charge in [0.15, 0.2) is 5.43 Å². The van der Waals surface area contributed by atoms with Crippen LogP contribution in [-0.4, -0.2) is 7.11 Å². The molecular weight excluding hydrogens is 404 g/mol. The quantitative estimate of drug-likeness (QED) is 0.425. The van der Waals surface area contributed by atoms with Crippen molar-refractivity contribution in [2.24, 2.45) is 11.8 Å². The van der Waals surface area contributed by atoms with Crippen LogP contribution in [0.15, 0.2) is 82.4 Å². The molecule has 0 aromatic heterocycles. The molecule has 2 nitrogen and oxygen atoms in total. The Balaban J connectivity index is 1.75. The first-order chi connectivity index (χ1) is 15.9. The summed E-state index contributed by atoms with van der Waals surface area (Å²) in [6, 6.07) is 6.24. The summed E-state index contributed by atoms with van der Waals surface area (Å²) in [5, 5.41) is 0. The summed E-state index contributed by atoms with van der Waals surface area (Å²) in [5.74, 6) is 2.38. The van der Waals surface area contributed by atoms with E-state index in [1.165, 1.54) is 27.8 Å². The molecule has 0 aliphatic heterocycles. The molecule has 0 bridgehead atoms. The van der Waals surface area contributed by atoms with E-state index in [-0.39, 0.29) is 23.2 Å². The van der Waals surface area contributed by atoms with Crippen molar-refractivity contribution in [1.82, 2.24) is 0 Å². The fraction of sp³-hybridized carbons (Fsp3) is 0.452. The maximum absolute atomic E-state index is 13.1. The standard InChI is InChI=1S/C31H38O2/c1-6-24-14-17-27-28(19-29(24)32)26(20(2)12-13-23-10-8-7-9-11-23)16-15-25-18-21(3)31(33-5)22(4)30(25)27/h7-10,14,17-19,22-23,26,30H,2,6,11-13,15-16H2,1,3-5H3/t22-,23+,26?,30+/m1/s1. The summed E-state index contributed by atoms with van der Waals surface area (Å²) < 4.78 is 5.84. The SMILES string of the molecule is C=C(CC[C@H]1C=CC=CC1)C1CCC2=CC(C)=C(OC)[C@H](C)[C@@H]2c2ccc(CC)c(=O)cc21. The van der Waals surface area contributed by atoms with E-state index in [4.69, 9.17) is 4.74 Å². The summed E-state index contributed by atoms with van der Waals surface area (Å²) >= 11 is 0. The van der Waals surface area contributed by atoms with Gasteiger partial charge >= 0.3 is 0 Å². The van der Waals surface area contributed by atoms with Gasteiger partial charge in [0.25, 0.3) is 0 Å². The Hall–Kier alpha value is -2.61. The molecular formula is C31H38O2. The third-order valence-corrected chi connectivity index (χ3v) is 7.94. The maximum atomic E-state index is 13.1. The molecule has 4 atom stereocenters. The van der Waals surface area contributed by atoms with Gasteiger partial charge in [-0.3, -0.25) is 4.79 Å². The lowest BCUT2D eigenvalue weighted by Gasteiger charge is -2.32. The van der Waals surface area contributed by atoms with Crippen molar-refractivity contribution in [3.8, 4) is 0 Å². The normalized spacial score (nSPS) is 26.2. The lowest BCUT2D eigenvalue weighted by atomic mass is 9.74. The molecule has 0 spiro atoms. The van der Waals surface area contributed by atoms with E-state index in [0.29, 0.717) is 5.92 Å². The predicted molar refractivity (Wildman–Crippen MR) is 139 cm³/mol. The number of rotatable bonds is 6. The van der Waals surface area contributed by atoms with Crippen LogP contribution in [0.4, 0.5) is 0 Å². The van der Waals surface area contributed by atoms with Crippen molar-refractivity contribution in [2.75, 3.05) is 7.11 Å². The smallest absolute Gasteiger partial charge is 0.182 e. The highest BCUT2D eigenvalue weighted by molar-refractivity contribution is 5.49. The van der Waals surface area contributed by atoms with Gasteiger partial charge in [0.1, 0.15) is 5.76 Å². The third-order valence-electron chi connectivity index (χ3n) is 7.94. The Morgan fingerprint density at radius 2 is 2.03 bits per heavy atom. The largest absolute Gasteiger partial charge is 0.501 e. The maximum Gasteiger partial charge on any atom is 0.182 e. The van der Waals surface area contributed by atoms with Crippen LogP contribution in [-0.2, 0) is 11.2 Å². The van der Waals surface area contributed by atoms with E-state index in [1.807, 2.05) is 6.07 Å². The molecule has 0 radical (unpaired) electrons. The van der Waals surface area contributed by atoms with Crippen LogP contribution >= 0.6 is 0 Å². The first kappa shape index (κ1) is 23.5. The fourth-order valence-corrected chi connectivity index (χ4v) is 6.16. The number of fused-ring (bicyclic) bond motifs is 3. The molecule has 3 aliphatic rings. The Bertz CT molecular complexity index is 1100. The number of methoxy groups -OCH3 is 1.